The summed E-state index contributed by atoms with van der Waals surface area (Å²) in [7, 11) is 1.88. The summed E-state index contributed by atoms with van der Waals surface area (Å²) in [6.07, 6.45) is 3.39. The number of amides is 1. The summed E-state index contributed by atoms with van der Waals surface area (Å²) in [6, 6.07) is 7.81. The van der Waals surface area contributed by atoms with Crippen LogP contribution in [0.2, 0.25) is 0 Å². The molecule has 1 aliphatic rings. The molecule has 0 unspecified atom stereocenters. The average molecular weight is 477 g/mol. The zero-order chi connectivity index (χ0) is 18.8. The molecule has 0 radical (unpaired) electrons. The third-order valence-electron chi connectivity index (χ3n) is 4.68. The summed E-state index contributed by atoms with van der Waals surface area (Å²) >= 11 is 2.25. The number of rotatable bonds is 4. The van der Waals surface area contributed by atoms with E-state index in [2.05, 4.69) is 52.8 Å². The number of carbonyl (C=O) groups excluding carboxylic acids is 1. The fourth-order valence-corrected chi connectivity index (χ4v) is 3.62. The van der Waals surface area contributed by atoms with Gasteiger partial charge < -0.3 is 10.2 Å². The Labute approximate surface area is 170 Å². The zero-order valence-electron chi connectivity index (χ0n) is 15.0. The lowest BCUT2D eigenvalue weighted by molar-refractivity contribution is -0.117. The fourth-order valence-electron chi connectivity index (χ4n) is 3.26. The summed E-state index contributed by atoms with van der Waals surface area (Å²) in [4.78, 5) is 25.4. The van der Waals surface area contributed by atoms with Crippen LogP contribution in [0.3, 0.4) is 0 Å². The van der Waals surface area contributed by atoms with E-state index in [4.69, 9.17) is 0 Å². The summed E-state index contributed by atoms with van der Waals surface area (Å²) < 4.78 is 2.90. The monoisotopic (exact) mass is 477 g/mol. The Bertz CT molecular complexity index is 948. The van der Waals surface area contributed by atoms with Gasteiger partial charge >= 0.3 is 0 Å². The maximum Gasteiger partial charge on any atom is 0.238 e. The number of halogens is 1. The highest BCUT2D eigenvalue weighted by Gasteiger charge is 2.22. The van der Waals surface area contributed by atoms with E-state index in [0.717, 1.165) is 52.3 Å². The lowest BCUT2D eigenvalue weighted by atomic mass is 10.2. The fraction of sp³-hybridized carbons (Fsp3) is 0.333. The number of anilines is 2. The molecule has 2 aromatic heterocycles. The molecular formula is C18H20IN7O. The topological polar surface area (TPSA) is 79.2 Å². The number of piperazine rings is 1. The molecule has 0 bridgehead atoms. The predicted octanol–water partition coefficient (Wildman–Crippen LogP) is 1.73. The van der Waals surface area contributed by atoms with E-state index in [1.807, 2.05) is 37.5 Å². The number of nitrogens with zero attached hydrogens (tertiary/aromatic N) is 6. The molecule has 1 aromatic carbocycles. The molecule has 27 heavy (non-hydrogen) atoms. The minimum absolute atomic E-state index is 0.0151. The van der Waals surface area contributed by atoms with Gasteiger partial charge in [-0.1, -0.05) is 0 Å². The van der Waals surface area contributed by atoms with Gasteiger partial charge in [0.15, 0.2) is 5.65 Å². The van der Waals surface area contributed by atoms with E-state index in [9.17, 15) is 4.79 Å². The minimum atomic E-state index is 0.0151. The van der Waals surface area contributed by atoms with Crippen molar-refractivity contribution in [1.82, 2.24) is 24.6 Å². The highest BCUT2D eigenvalue weighted by atomic mass is 127. The van der Waals surface area contributed by atoms with Gasteiger partial charge in [0.05, 0.1) is 18.1 Å². The Kier molecular flexibility index (Phi) is 5.21. The maximum atomic E-state index is 12.3. The Morgan fingerprint density at radius 1 is 1.15 bits per heavy atom. The van der Waals surface area contributed by atoms with Gasteiger partial charge in [0.1, 0.15) is 12.1 Å². The van der Waals surface area contributed by atoms with Crippen molar-refractivity contribution >= 4 is 51.0 Å². The van der Waals surface area contributed by atoms with Crippen molar-refractivity contribution < 1.29 is 4.79 Å². The lowest BCUT2D eigenvalue weighted by Crippen LogP contribution is -2.49. The normalized spacial score (nSPS) is 15.3. The third kappa shape index (κ3) is 4.03. The molecule has 1 fully saturated rings. The molecule has 3 aromatic rings. The SMILES string of the molecule is Cn1ncc2c(N3CCN(CC(=O)Nc4ccc(I)cc4)CC3)ncnc21. The highest BCUT2D eigenvalue weighted by Crippen LogP contribution is 2.23. The standard InChI is InChI=1S/C18H20IN7O/c1-24-17-15(10-22-24)18(21-12-20-17)26-8-6-25(7-9-26)11-16(27)23-14-4-2-13(19)3-5-14/h2-5,10,12H,6-9,11H2,1H3,(H,23,27). The van der Waals surface area contributed by atoms with Crippen molar-refractivity contribution in [2.24, 2.45) is 7.05 Å². The predicted molar refractivity (Wildman–Crippen MR) is 113 cm³/mol. The number of aromatic nitrogens is 4. The molecule has 0 atom stereocenters. The molecule has 1 aliphatic heterocycles. The van der Waals surface area contributed by atoms with Crippen LogP contribution in [0.1, 0.15) is 0 Å². The Balaban J connectivity index is 1.34. The van der Waals surface area contributed by atoms with Gasteiger partial charge in [-0.2, -0.15) is 5.10 Å². The molecule has 0 saturated carbocycles. The van der Waals surface area contributed by atoms with Gasteiger partial charge in [0, 0.05) is 42.5 Å². The van der Waals surface area contributed by atoms with Gasteiger partial charge in [0.2, 0.25) is 5.91 Å². The number of hydrogen-bond donors (Lipinski definition) is 1. The van der Waals surface area contributed by atoms with E-state index in [1.165, 1.54) is 0 Å². The van der Waals surface area contributed by atoms with Crippen LogP contribution < -0.4 is 10.2 Å². The van der Waals surface area contributed by atoms with E-state index in [1.54, 1.807) is 11.0 Å². The number of nitrogens with one attached hydrogen (secondary N) is 1. The minimum Gasteiger partial charge on any atom is -0.353 e. The molecule has 1 saturated heterocycles. The van der Waals surface area contributed by atoms with Crippen molar-refractivity contribution in [2.75, 3.05) is 42.9 Å². The van der Waals surface area contributed by atoms with Crippen LogP contribution in [0.5, 0.6) is 0 Å². The van der Waals surface area contributed by atoms with Crippen LogP contribution in [-0.4, -0.2) is 63.3 Å². The lowest BCUT2D eigenvalue weighted by Gasteiger charge is -2.35. The summed E-state index contributed by atoms with van der Waals surface area (Å²) in [5.74, 6) is 0.928. The molecule has 0 aliphatic carbocycles. The molecule has 1 amide bonds. The first kappa shape index (κ1) is 18.1. The smallest absolute Gasteiger partial charge is 0.238 e. The van der Waals surface area contributed by atoms with E-state index in [0.29, 0.717) is 6.54 Å². The van der Waals surface area contributed by atoms with E-state index >= 15 is 0 Å². The van der Waals surface area contributed by atoms with Crippen molar-refractivity contribution in [1.29, 1.82) is 0 Å². The van der Waals surface area contributed by atoms with Crippen LogP contribution in [0, 0.1) is 3.57 Å². The average Bonchev–Trinajstić information content (AvgIpc) is 3.06. The number of benzene rings is 1. The second-order valence-electron chi connectivity index (χ2n) is 6.52. The van der Waals surface area contributed by atoms with Crippen LogP contribution in [-0.2, 0) is 11.8 Å². The van der Waals surface area contributed by atoms with Crippen molar-refractivity contribution in [3.63, 3.8) is 0 Å². The first-order chi connectivity index (χ1) is 13.1. The molecule has 1 N–H and O–H groups in total. The number of aryl methyl sites for hydroxylation is 1. The third-order valence-corrected chi connectivity index (χ3v) is 5.39. The van der Waals surface area contributed by atoms with Crippen LogP contribution in [0.4, 0.5) is 11.5 Å². The van der Waals surface area contributed by atoms with Crippen LogP contribution in [0.25, 0.3) is 11.0 Å². The Morgan fingerprint density at radius 2 is 1.89 bits per heavy atom. The van der Waals surface area contributed by atoms with Crippen LogP contribution >= 0.6 is 22.6 Å². The summed E-state index contributed by atoms with van der Waals surface area (Å²) in [5.41, 5.74) is 1.67. The van der Waals surface area contributed by atoms with Crippen LogP contribution in [0.15, 0.2) is 36.8 Å². The molecule has 8 nitrogen and oxygen atoms in total. The quantitative estimate of drug-likeness (QED) is 0.577. The van der Waals surface area contributed by atoms with E-state index < -0.39 is 0 Å². The van der Waals surface area contributed by atoms with Crippen molar-refractivity contribution in [3.8, 4) is 0 Å². The largest absolute Gasteiger partial charge is 0.353 e. The molecular weight excluding hydrogens is 457 g/mol. The van der Waals surface area contributed by atoms with Gasteiger partial charge in [0.25, 0.3) is 0 Å². The first-order valence-electron chi connectivity index (χ1n) is 8.75. The van der Waals surface area contributed by atoms with Gasteiger partial charge in [-0.05, 0) is 46.9 Å². The number of carbonyl (C=O) groups is 1. The van der Waals surface area contributed by atoms with Gasteiger partial charge in [-0.25, -0.2) is 9.97 Å². The van der Waals surface area contributed by atoms with Gasteiger partial charge in [-0.15, -0.1) is 0 Å². The zero-order valence-corrected chi connectivity index (χ0v) is 17.1. The van der Waals surface area contributed by atoms with Crippen molar-refractivity contribution in [3.05, 3.63) is 40.4 Å². The molecule has 3 heterocycles. The molecule has 0 spiro atoms. The number of fused-ring (bicyclic) bond motifs is 1. The van der Waals surface area contributed by atoms with Crippen molar-refractivity contribution in [2.45, 2.75) is 0 Å². The first-order valence-corrected chi connectivity index (χ1v) is 9.83. The maximum absolute atomic E-state index is 12.3. The molecule has 9 heteroatoms. The molecule has 140 valence electrons. The van der Waals surface area contributed by atoms with E-state index in [-0.39, 0.29) is 5.91 Å². The Morgan fingerprint density at radius 3 is 2.63 bits per heavy atom. The number of hydrogen-bond acceptors (Lipinski definition) is 6. The highest BCUT2D eigenvalue weighted by molar-refractivity contribution is 14.1. The van der Waals surface area contributed by atoms with Gasteiger partial charge in [-0.3, -0.25) is 14.4 Å². The second kappa shape index (κ2) is 7.77. The molecule has 4 rings (SSSR count). The summed E-state index contributed by atoms with van der Waals surface area (Å²) in [5, 5.41) is 8.19. The summed E-state index contributed by atoms with van der Waals surface area (Å²) in [6.45, 7) is 3.65. The second-order valence-corrected chi connectivity index (χ2v) is 7.77. The Hall–Kier alpha value is -2.27.